The number of carbonyl (C=O) groups excluding carboxylic acids is 2. The standard InChI is InChI=1S/C26H21N3O5S2/c27-36(32,33)21-9-6-16(7-10-21)12-20-15-28-26(35-20)29-24(30)18-8-11-22-19(13-18)14-23(34-25(22)31)17-4-2-1-3-5-17/h1-11,13,15,23H,12,14H2,(H2,27,32,33)(H,28,29,30). The molecular weight excluding hydrogens is 498 g/mol. The minimum absolute atomic E-state index is 0.0527. The molecule has 182 valence electrons. The van der Waals surface area contributed by atoms with Crippen molar-refractivity contribution in [2.75, 3.05) is 5.32 Å². The Labute approximate surface area is 211 Å². The van der Waals surface area contributed by atoms with Crippen LogP contribution in [-0.2, 0) is 27.6 Å². The second kappa shape index (κ2) is 9.65. The van der Waals surface area contributed by atoms with Crippen molar-refractivity contribution in [2.24, 2.45) is 5.14 Å². The molecule has 1 atom stereocenters. The van der Waals surface area contributed by atoms with Gasteiger partial charge in [0.15, 0.2) is 5.13 Å². The molecule has 3 aromatic carbocycles. The normalized spacial score (nSPS) is 15.1. The number of hydrogen-bond acceptors (Lipinski definition) is 7. The quantitative estimate of drug-likeness (QED) is 0.369. The topological polar surface area (TPSA) is 128 Å². The Bertz CT molecular complexity index is 1550. The fraction of sp³-hybridized carbons (Fsp3) is 0.115. The SMILES string of the molecule is NS(=O)(=O)c1ccc(Cc2cnc(NC(=O)c3ccc4c(c3)CC(c3ccccc3)OC4=O)s2)cc1. The molecule has 10 heteroatoms. The summed E-state index contributed by atoms with van der Waals surface area (Å²) >= 11 is 1.33. The number of anilines is 1. The van der Waals surface area contributed by atoms with Gasteiger partial charge in [0, 0.05) is 29.5 Å². The van der Waals surface area contributed by atoms with Crippen LogP contribution in [-0.4, -0.2) is 25.3 Å². The third kappa shape index (κ3) is 5.20. The summed E-state index contributed by atoms with van der Waals surface area (Å²) in [6, 6.07) is 20.8. The molecule has 1 unspecified atom stereocenters. The number of cyclic esters (lactones) is 1. The number of nitrogens with two attached hydrogens (primary N) is 1. The van der Waals surface area contributed by atoms with E-state index in [4.69, 9.17) is 9.88 Å². The lowest BCUT2D eigenvalue weighted by Gasteiger charge is -2.25. The lowest BCUT2D eigenvalue weighted by atomic mass is 9.93. The van der Waals surface area contributed by atoms with Gasteiger partial charge in [-0.1, -0.05) is 42.5 Å². The summed E-state index contributed by atoms with van der Waals surface area (Å²) in [6.07, 6.45) is 2.28. The first-order chi connectivity index (χ1) is 17.3. The van der Waals surface area contributed by atoms with Crippen molar-refractivity contribution in [3.8, 4) is 0 Å². The average Bonchev–Trinajstić information content (AvgIpc) is 3.30. The van der Waals surface area contributed by atoms with Crippen molar-refractivity contribution >= 4 is 38.4 Å². The molecule has 36 heavy (non-hydrogen) atoms. The number of fused-ring (bicyclic) bond motifs is 1. The number of aromatic nitrogens is 1. The van der Waals surface area contributed by atoms with E-state index in [0.717, 1.165) is 21.6 Å². The zero-order valence-electron chi connectivity index (χ0n) is 18.9. The average molecular weight is 520 g/mol. The van der Waals surface area contributed by atoms with Gasteiger partial charge in [-0.05, 0) is 47.0 Å². The number of sulfonamides is 1. The molecule has 0 bridgehead atoms. The number of benzene rings is 3. The maximum absolute atomic E-state index is 12.9. The van der Waals surface area contributed by atoms with Crippen LogP contribution >= 0.6 is 11.3 Å². The summed E-state index contributed by atoms with van der Waals surface area (Å²) in [5.74, 6) is -0.731. The summed E-state index contributed by atoms with van der Waals surface area (Å²) in [6.45, 7) is 0. The van der Waals surface area contributed by atoms with E-state index in [0.29, 0.717) is 29.1 Å². The largest absolute Gasteiger partial charge is 0.454 e. The van der Waals surface area contributed by atoms with Crippen LogP contribution in [0.1, 0.15) is 48.4 Å². The second-order valence-corrected chi connectivity index (χ2v) is 11.0. The first kappa shape index (κ1) is 23.9. The van der Waals surface area contributed by atoms with E-state index < -0.39 is 22.1 Å². The summed E-state index contributed by atoms with van der Waals surface area (Å²) in [4.78, 5) is 30.6. The van der Waals surface area contributed by atoms with Crippen LogP contribution in [0.5, 0.6) is 0 Å². The zero-order chi connectivity index (χ0) is 25.3. The van der Waals surface area contributed by atoms with Gasteiger partial charge in [-0.25, -0.2) is 23.3 Å². The summed E-state index contributed by atoms with van der Waals surface area (Å²) in [5, 5.41) is 8.39. The molecule has 3 N–H and O–H groups in total. The van der Waals surface area contributed by atoms with E-state index in [1.165, 1.54) is 23.5 Å². The van der Waals surface area contributed by atoms with Crippen LogP contribution in [0, 0.1) is 0 Å². The van der Waals surface area contributed by atoms with Gasteiger partial charge in [0.25, 0.3) is 5.91 Å². The van der Waals surface area contributed by atoms with E-state index in [1.54, 1.807) is 36.5 Å². The molecule has 0 spiro atoms. The van der Waals surface area contributed by atoms with Crippen molar-refractivity contribution < 1.29 is 22.7 Å². The number of rotatable bonds is 6. The fourth-order valence-corrected chi connectivity index (χ4v) is 5.36. The third-order valence-corrected chi connectivity index (χ3v) is 7.66. The number of hydrogen-bond donors (Lipinski definition) is 2. The summed E-state index contributed by atoms with van der Waals surface area (Å²) < 4.78 is 28.4. The maximum atomic E-state index is 12.9. The van der Waals surface area contributed by atoms with Gasteiger partial charge in [0.05, 0.1) is 10.5 Å². The van der Waals surface area contributed by atoms with Gasteiger partial charge >= 0.3 is 5.97 Å². The van der Waals surface area contributed by atoms with E-state index in [2.05, 4.69) is 10.3 Å². The molecular formula is C26H21N3O5S2. The number of ether oxygens (including phenoxy) is 1. The number of primary sulfonamides is 1. The number of esters is 1. The second-order valence-electron chi connectivity index (χ2n) is 8.33. The molecule has 1 amide bonds. The Morgan fingerprint density at radius 1 is 1.08 bits per heavy atom. The number of thiazole rings is 1. The molecule has 0 saturated carbocycles. The van der Waals surface area contributed by atoms with Crippen molar-refractivity contribution in [3.05, 3.63) is 112 Å². The van der Waals surface area contributed by atoms with Crippen molar-refractivity contribution in [2.45, 2.75) is 23.8 Å². The highest BCUT2D eigenvalue weighted by Gasteiger charge is 2.28. The Morgan fingerprint density at radius 2 is 1.83 bits per heavy atom. The molecule has 1 aromatic heterocycles. The highest BCUT2D eigenvalue weighted by molar-refractivity contribution is 7.89. The monoisotopic (exact) mass is 519 g/mol. The lowest BCUT2D eigenvalue weighted by Crippen LogP contribution is -2.23. The van der Waals surface area contributed by atoms with E-state index in [-0.39, 0.29) is 10.8 Å². The molecule has 8 nitrogen and oxygen atoms in total. The van der Waals surface area contributed by atoms with Gasteiger partial charge in [-0.2, -0.15) is 0 Å². The minimum Gasteiger partial charge on any atom is -0.454 e. The molecule has 0 saturated heterocycles. The van der Waals surface area contributed by atoms with Crippen LogP contribution in [0.25, 0.3) is 0 Å². The summed E-state index contributed by atoms with van der Waals surface area (Å²) in [5.41, 5.74) is 3.43. The predicted octanol–water partition coefficient (Wildman–Crippen LogP) is 4.09. The van der Waals surface area contributed by atoms with Gasteiger partial charge in [-0.3, -0.25) is 10.1 Å². The van der Waals surface area contributed by atoms with Crippen LogP contribution in [0.3, 0.4) is 0 Å². The Hall–Kier alpha value is -3.86. The van der Waals surface area contributed by atoms with Gasteiger partial charge in [0.2, 0.25) is 10.0 Å². The highest BCUT2D eigenvalue weighted by Crippen LogP contribution is 2.31. The van der Waals surface area contributed by atoms with E-state index >= 15 is 0 Å². The third-order valence-electron chi connectivity index (χ3n) is 5.82. The molecule has 2 heterocycles. The molecule has 1 aliphatic heterocycles. The number of amides is 1. The van der Waals surface area contributed by atoms with Gasteiger partial charge < -0.3 is 4.74 Å². The molecule has 0 aliphatic carbocycles. The molecule has 5 rings (SSSR count). The Morgan fingerprint density at radius 3 is 2.56 bits per heavy atom. The Balaban J connectivity index is 1.27. The first-order valence-electron chi connectivity index (χ1n) is 11.0. The molecule has 4 aromatic rings. The number of carbonyl (C=O) groups is 2. The van der Waals surface area contributed by atoms with Crippen LogP contribution in [0.15, 0.2) is 83.9 Å². The minimum atomic E-state index is -3.74. The zero-order valence-corrected chi connectivity index (χ0v) is 20.5. The number of nitrogens with zero attached hydrogens (tertiary/aromatic N) is 1. The van der Waals surface area contributed by atoms with Crippen LogP contribution < -0.4 is 10.5 Å². The Kier molecular flexibility index (Phi) is 6.40. The smallest absolute Gasteiger partial charge is 0.339 e. The van der Waals surface area contributed by atoms with Gasteiger partial charge in [-0.15, -0.1) is 11.3 Å². The van der Waals surface area contributed by atoms with Crippen LogP contribution in [0.4, 0.5) is 5.13 Å². The lowest BCUT2D eigenvalue weighted by molar-refractivity contribution is 0.0252. The fourth-order valence-electron chi connectivity index (χ4n) is 4.01. The van der Waals surface area contributed by atoms with Crippen LogP contribution in [0.2, 0.25) is 0 Å². The predicted molar refractivity (Wildman–Crippen MR) is 135 cm³/mol. The first-order valence-corrected chi connectivity index (χ1v) is 13.4. The summed E-state index contributed by atoms with van der Waals surface area (Å²) in [7, 11) is -3.74. The molecule has 0 fully saturated rings. The van der Waals surface area contributed by atoms with Crippen molar-refractivity contribution in [1.82, 2.24) is 4.98 Å². The highest BCUT2D eigenvalue weighted by atomic mass is 32.2. The van der Waals surface area contributed by atoms with Crippen molar-refractivity contribution in [1.29, 1.82) is 0 Å². The maximum Gasteiger partial charge on any atom is 0.339 e. The van der Waals surface area contributed by atoms with Gasteiger partial charge in [0.1, 0.15) is 6.10 Å². The molecule has 0 radical (unpaired) electrons. The molecule has 1 aliphatic rings. The van der Waals surface area contributed by atoms with E-state index in [1.807, 2.05) is 30.3 Å². The van der Waals surface area contributed by atoms with Crippen molar-refractivity contribution in [3.63, 3.8) is 0 Å². The van der Waals surface area contributed by atoms with E-state index in [9.17, 15) is 18.0 Å². The number of nitrogens with one attached hydrogen (secondary N) is 1.